The number of amides is 1. The van der Waals surface area contributed by atoms with Crippen molar-refractivity contribution in [3.8, 4) is 0 Å². The van der Waals surface area contributed by atoms with E-state index in [1.807, 2.05) is 25.1 Å². The Hall–Kier alpha value is -0.910. The van der Waals surface area contributed by atoms with Crippen molar-refractivity contribution < 1.29 is 14.3 Å². The molecule has 0 bridgehead atoms. The molecule has 2 rings (SSSR count). The number of halogens is 1. The van der Waals surface area contributed by atoms with Crippen molar-refractivity contribution in [1.29, 1.82) is 0 Å². The van der Waals surface area contributed by atoms with Crippen molar-refractivity contribution in [2.45, 2.75) is 32.3 Å². The standard InChI is InChI=1S/C16H22BrNO3/c1-12-10-13(17)5-6-15(12)16(19)18-7-3-8-20-11-14-4-2-9-21-14/h5-6,10,14H,2-4,7-9,11H2,1H3,(H,18,19). The molecular formula is C16H22BrNO3. The average Bonchev–Trinajstić information content (AvgIpc) is 2.95. The molecule has 1 N–H and O–H groups in total. The topological polar surface area (TPSA) is 47.6 Å². The van der Waals surface area contributed by atoms with Crippen molar-refractivity contribution in [2.24, 2.45) is 0 Å². The lowest BCUT2D eigenvalue weighted by Gasteiger charge is -2.11. The van der Waals surface area contributed by atoms with E-state index in [-0.39, 0.29) is 12.0 Å². The Morgan fingerprint density at radius 1 is 1.52 bits per heavy atom. The van der Waals surface area contributed by atoms with E-state index in [4.69, 9.17) is 9.47 Å². The molecule has 0 spiro atoms. The lowest BCUT2D eigenvalue weighted by atomic mass is 10.1. The van der Waals surface area contributed by atoms with Gasteiger partial charge in [0.25, 0.3) is 5.91 Å². The van der Waals surface area contributed by atoms with Gasteiger partial charge < -0.3 is 14.8 Å². The molecule has 1 aliphatic heterocycles. The van der Waals surface area contributed by atoms with Gasteiger partial charge in [-0.3, -0.25) is 4.79 Å². The summed E-state index contributed by atoms with van der Waals surface area (Å²) in [7, 11) is 0. The molecule has 1 atom stereocenters. The maximum absolute atomic E-state index is 12.0. The number of aryl methyl sites for hydroxylation is 1. The van der Waals surface area contributed by atoms with Gasteiger partial charge in [-0.25, -0.2) is 0 Å². The highest BCUT2D eigenvalue weighted by molar-refractivity contribution is 9.10. The Morgan fingerprint density at radius 3 is 3.10 bits per heavy atom. The molecule has 5 heteroatoms. The molecule has 1 aromatic carbocycles. The van der Waals surface area contributed by atoms with Gasteiger partial charge in [-0.2, -0.15) is 0 Å². The van der Waals surface area contributed by atoms with Crippen molar-refractivity contribution in [2.75, 3.05) is 26.4 Å². The van der Waals surface area contributed by atoms with Gasteiger partial charge in [0, 0.05) is 29.8 Å². The molecule has 0 aromatic heterocycles. The first-order valence-electron chi connectivity index (χ1n) is 7.40. The van der Waals surface area contributed by atoms with Gasteiger partial charge in [-0.05, 0) is 49.9 Å². The molecule has 116 valence electrons. The SMILES string of the molecule is Cc1cc(Br)ccc1C(=O)NCCCOCC1CCCO1. The molecular weight excluding hydrogens is 334 g/mol. The minimum atomic E-state index is -0.0286. The van der Waals surface area contributed by atoms with Gasteiger partial charge in [0.1, 0.15) is 0 Å². The monoisotopic (exact) mass is 355 g/mol. The van der Waals surface area contributed by atoms with Crippen LogP contribution in [0.1, 0.15) is 35.2 Å². The molecule has 0 aliphatic carbocycles. The van der Waals surface area contributed by atoms with Gasteiger partial charge in [0.15, 0.2) is 0 Å². The summed E-state index contributed by atoms with van der Waals surface area (Å²) in [6, 6.07) is 5.66. The number of hydrogen-bond acceptors (Lipinski definition) is 3. The molecule has 21 heavy (non-hydrogen) atoms. The fourth-order valence-corrected chi connectivity index (χ4v) is 2.82. The van der Waals surface area contributed by atoms with E-state index in [0.717, 1.165) is 41.5 Å². The fourth-order valence-electron chi connectivity index (χ4n) is 2.34. The van der Waals surface area contributed by atoms with Crippen LogP contribution in [0.5, 0.6) is 0 Å². The Morgan fingerprint density at radius 2 is 2.38 bits per heavy atom. The van der Waals surface area contributed by atoms with Crippen LogP contribution in [0.25, 0.3) is 0 Å². The Bertz CT molecular complexity index is 473. The summed E-state index contributed by atoms with van der Waals surface area (Å²) in [5, 5.41) is 2.92. The van der Waals surface area contributed by atoms with Crippen LogP contribution in [-0.2, 0) is 9.47 Å². The predicted molar refractivity (Wildman–Crippen MR) is 85.6 cm³/mol. The highest BCUT2D eigenvalue weighted by atomic mass is 79.9. The molecule has 1 fully saturated rings. The number of carbonyl (C=O) groups excluding carboxylic acids is 1. The summed E-state index contributed by atoms with van der Waals surface area (Å²) >= 11 is 3.40. The zero-order valence-electron chi connectivity index (χ0n) is 12.4. The van der Waals surface area contributed by atoms with E-state index < -0.39 is 0 Å². The van der Waals surface area contributed by atoms with Gasteiger partial charge in [0.2, 0.25) is 0 Å². The Labute approximate surface area is 134 Å². The van der Waals surface area contributed by atoms with E-state index >= 15 is 0 Å². The number of benzene rings is 1. The van der Waals surface area contributed by atoms with Gasteiger partial charge in [0.05, 0.1) is 12.7 Å². The zero-order chi connectivity index (χ0) is 15.1. The van der Waals surface area contributed by atoms with Gasteiger partial charge in [-0.15, -0.1) is 0 Å². The van der Waals surface area contributed by atoms with Crippen LogP contribution in [0.4, 0.5) is 0 Å². The van der Waals surface area contributed by atoms with Crippen LogP contribution in [0.15, 0.2) is 22.7 Å². The molecule has 1 heterocycles. The highest BCUT2D eigenvalue weighted by Crippen LogP contribution is 2.15. The number of nitrogens with one attached hydrogen (secondary N) is 1. The minimum absolute atomic E-state index is 0.0286. The summed E-state index contributed by atoms with van der Waals surface area (Å²) in [6.07, 6.45) is 3.31. The Kier molecular flexibility index (Phi) is 6.67. The third-order valence-electron chi connectivity index (χ3n) is 3.51. The van der Waals surface area contributed by atoms with Crippen molar-refractivity contribution >= 4 is 21.8 Å². The van der Waals surface area contributed by atoms with Gasteiger partial charge in [-0.1, -0.05) is 15.9 Å². The second kappa shape index (κ2) is 8.51. The number of rotatable bonds is 7. The van der Waals surface area contributed by atoms with Crippen LogP contribution in [0.3, 0.4) is 0 Å². The first-order valence-corrected chi connectivity index (χ1v) is 8.20. The number of hydrogen-bond donors (Lipinski definition) is 1. The lowest BCUT2D eigenvalue weighted by Crippen LogP contribution is -2.26. The van der Waals surface area contributed by atoms with E-state index in [1.165, 1.54) is 0 Å². The predicted octanol–water partition coefficient (Wildman–Crippen LogP) is 3.07. The average molecular weight is 356 g/mol. The molecule has 1 aromatic rings. The third kappa shape index (κ3) is 5.41. The van der Waals surface area contributed by atoms with E-state index in [9.17, 15) is 4.79 Å². The Balaban J connectivity index is 1.60. The van der Waals surface area contributed by atoms with Crippen LogP contribution >= 0.6 is 15.9 Å². The first kappa shape index (κ1) is 16.5. The molecule has 0 radical (unpaired) electrons. The molecule has 1 amide bonds. The highest BCUT2D eigenvalue weighted by Gasteiger charge is 2.15. The van der Waals surface area contributed by atoms with Crippen molar-refractivity contribution in [1.82, 2.24) is 5.32 Å². The second-order valence-corrected chi connectivity index (χ2v) is 6.19. The van der Waals surface area contributed by atoms with Crippen molar-refractivity contribution in [3.05, 3.63) is 33.8 Å². The molecule has 4 nitrogen and oxygen atoms in total. The molecule has 0 saturated carbocycles. The summed E-state index contributed by atoms with van der Waals surface area (Å²) in [6.45, 7) is 4.74. The molecule has 1 unspecified atom stereocenters. The molecule has 1 saturated heterocycles. The summed E-state index contributed by atoms with van der Waals surface area (Å²) < 4.78 is 12.0. The summed E-state index contributed by atoms with van der Waals surface area (Å²) in [5.41, 5.74) is 1.69. The zero-order valence-corrected chi connectivity index (χ0v) is 13.9. The number of ether oxygens (including phenoxy) is 2. The largest absolute Gasteiger partial charge is 0.379 e. The maximum atomic E-state index is 12.0. The van der Waals surface area contributed by atoms with E-state index in [1.54, 1.807) is 0 Å². The second-order valence-electron chi connectivity index (χ2n) is 5.28. The first-order chi connectivity index (χ1) is 10.2. The third-order valence-corrected chi connectivity index (χ3v) is 4.01. The van der Waals surface area contributed by atoms with Crippen LogP contribution < -0.4 is 5.32 Å². The summed E-state index contributed by atoms with van der Waals surface area (Å²) in [4.78, 5) is 12.0. The van der Waals surface area contributed by atoms with Crippen molar-refractivity contribution in [3.63, 3.8) is 0 Å². The summed E-state index contributed by atoms with van der Waals surface area (Å²) in [5.74, 6) is -0.0286. The normalized spacial score (nSPS) is 17.9. The maximum Gasteiger partial charge on any atom is 0.251 e. The minimum Gasteiger partial charge on any atom is -0.379 e. The van der Waals surface area contributed by atoms with Crippen LogP contribution in [0, 0.1) is 6.92 Å². The van der Waals surface area contributed by atoms with Crippen LogP contribution in [-0.4, -0.2) is 38.4 Å². The van der Waals surface area contributed by atoms with Crippen LogP contribution in [0.2, 0.25) is 0 Å². The quantitative estimate of drug-likeness (QED) is 0.764. The van der Waals surface area contributed by atoms with E-state index in [0.29, 0.717) is 19.8 Å². The van der Waals surface area contributed by atoms with Gasteiger partial charge >= 0.3 is 0 Å². The smallest absolute Gasteiger partial charge is 0.251 e. The van der Waals surface area contributed by atoms with E-state index in [2.05, 4.69) is 21.2 Å². The number of carbonyl (C=O) groups is 1. The molecule has 1 aliphatic rings. The lowest BCUT2D eigenvalue weighted by molar-refractivity contribution is 0.0166. The fraction of sp³-hybridized carbons (Fsp3) is 0.562.